The summed E-state index contributed by atoms with van der Waals surface area (Å²) in [7, 11) is 0. The minimum absolute atomic E-state index is 1.04. The third-order valence-corrected chi connectivity index (χ3v) is 1.08. The Balaban J connectivity index is 3.90. The summed E-state index contributed by atoms with van der Waals surface area (Å²) in [5.74, 6) is 0. The van der Waals surface area contributed by atoms with Gasteiger partial charge < -0.3 is 5.32 Å². The van der Waals surface area contributed by atoms with Gasteiger partial charge in [0.1, 0.15) is 6.54 Å². The van der Waals surface area contributed by atoms with E-state index in [2.05, 4.69) is 12.2 Å². The summed E-state index contributed by atoms with van der Waals surface area (Å²) in [6.07, 6.45) is -9.60. The molecule has 0 atom stereocenters. The second-order valence-corrected chi connectivity index (χ2v) is 2.20. The summed E-state index contributed by atoms with van der Waals surface area (Å²) in [5, 5.41) is 1.04. The molecule has 1 nitrogen and oxygen atoms in total. The molecule has 0 amide bonds. The molecule has 0 spiro atoms. The fourth-order valence-corrected chi connectivity index (χ4v) is 0.353. The van der Waals surface area contributed by atoms with Crippen LogP contribution in [0, 0.1) is 0 Å². The molecule has 0 aliphatic heterocycles. The molecular formula is C4H3F6NS. The molecular weight excluding hydrogens is 208 g/mol. The van der Waals surface area contributed by atoms with E-state index < -0.39 is 23.9 Å². The van der Waals surface area contributed by atoms with Crippen molar-refractivity contribution in [3.63, 3.8) is 0 Å². The Morgan fingerprint density at radius 2 is 1.50 bits per heavy atom. The Bertz CT molecular complexity index is 169. The lowest BCUT2D eigenvalue weighted by atomic mass is 10.5. The molecule has 72 valence electrons. The van der Waals surface area contributed by atoms with Gasteiger partial charge >= 0.3 is 12.4 Å². The molecule has 0 heterocycles. The van der Waals surface area contributed by atoms with E-state index in [0.717, 1.165) is 5.32 Å². The van der Waals surface area contributed by atoms with Crippen LogP contribution in [0.5, 0.6) is 0 Å². The number of halogens is 6. The second kappa shape index (κ2) is 3.46. The molecule has 0 rings (SSSR count). The smallest absolute Gasteiger partial charge is 0.363 e. The van der Waals surface area contributed by atoms with Crippen LogP contribution in [0.25, 0.3) is 0 Å². The van der Waals surface area contributed by atoms with E-state index in [4.69, 9.17) is 0 Å². The van der Waals surface area contributed by atoms with Gasteiger partial charge in [0.2, 0.25) is 0 Å². The molecule has 0 fully saturated rings. The van der Waals surface area contributed by atoms with Crippen LogP contribution in [-0.4, -0.2) is 23.9 Å². The molecule has 0 radical (unpaired) electrons. The Morgan fingerprint density at radius 3 is 1.75 bits per heavy atom. The summed E-state index contributed by atoms with van der Waals surface area (Å²) in [6, 6.07) is 0. The van der Waals surface area contributed by atoms with Crippen LogP contribution in [0.1, 0.15) is 0 Å². The van der Waals surface area contributed by atoms with Crippen LogP contribution in [0.2, 0.25) is 0 Å². The van der Waals surface area contributed by atoms with Gasteiger partial charge in [0.05, 0.1) is 0 Å². The minimum Gasteiger partial charge on any atom is -0.363 e. The number of thiocarbonyl (C=S) groups is 1. The van der Waals surface area contributed by atoms with Crippen molar-refractivity contribution in [2.45, 2.75) is 12.4 Å². The molecule has 0 aliphatic carbocycles. The molecule has 1 N–H and O–H groups in total. The SMILES string of the molecule is FC(F)(F)CNC(=S)C(F)(F)F. The highest BCUT2D eigenvalue weighted by molar-refractivity contribution is 7.80. The van der Waals surface area contributed by atoms with Gasteiger partial charge in [0.25, 0.3) is 0 Å². The van der Waals surface area contributed by atoms with Crippen molar-refractivity contribution in [1.82, 2.24) is 5.32 Å². The van der Waals surface area contributed by atoms with Crippen molar-refractivity contribution in [3.8, 4) is 0 Å². The first-order chi connectivity index (χ1) is 5.13. The highest BCUT2D eigenvalue weighted by Crippen LogP contribution is 2.17. The monoisotopic (exact) mass is 211 g/mol. The molecule has 0 unspecified atom stereocenters. The minimum atomic E-state index is -4.90. The van der Waals surface area contributed by atoms with Crippen LogP contribution >= 0.6 is 12.2 Å². The van der Waals surface area contributed by atoms with E-state index in [0.29, 0.717) is 0 Å². The van der Waals surface area contributed by atoms with Crippen molar-refractivity contribution < 1.29 is 26.3 Å². The Kier molecular flexibility index (Phi) is 3.31. The van der Waals surface area contributed by atoms with E-state index in [9.17, 15) is 26.3 Å². The van der Waals surface area contributed by atoms with Crippen LogP contribution in [-0.2, 0) is 0 Å². The standard InChI is InChI=1S/C4H3F6NS/c5-3(6,7)1-11-2(12)4(8,9)10/h1H2,(H,11,12). The number of nitrogens with one attached hydrogen (secondary N) is 1. The predicted octanol–water partition coefficient (Wildman–Crippen LogP) is 2.03. The van der Waals surface area contributed by atoms with Crippen molar-refractivity contribution in [2.24, 2.45) is 0 Å². The van der Waals surface area contributed by atoms with Gasteiger partial charge in [-0.3, -0.25) is 0 Å². The van der Waals surface area contributed by atoms with E-state index in [1.807, 2.05) is 0 Å². The summed E-state index contributed by atoms with van der Waals surface area (Å²) < 4.78 is 68.3. The van der Waals surface area contributed by atoms with Crippen LogP contribution in [0.3, 0.4) is 0 Å². The van der Waals surface area contributed by atoms with Gasteiger partial charge in [-0.25, -0.2) is 0 Å². The second-order valence-electron chi connectivity index (χ2n) is 1.80. The van der Waals surface area contributed by atoms with Gasteiger partial charge in [-0.2, -0.15) is 26.3 Å². The molecule has 0 aromatic heterocycles. The zero-order chi connectivity index (χ0) is 9.99. The molecule has 0 saturated heterocycles. The maximum atomic E-state index is 11.5. The number of hydrogen-bond acceptors (Lipinski definition) is 1. The summed E-state index contributed by atoms with van der Waals surface area (Å²) >= 11 is 3.62. The fraction of sp³-hybridized carbons (Fsp3) is 0.750. The average molecular weight is 211 g/mol. The molecule has 8 heteroatoms. The van der Waals surface area contributed by atoms with Gasteiger partial charge in [0.15, 0.2) is 4.99 Å². The van der Waals surface area contributed by atoms with Crippen LogP contribution in [0.15, 0.2) is 0 Å². The summed E-state index contributed by atoms with van der Waals surface area (Å²) in [6.45, 7) is -1.77. The van der Waals surface area contributed by atoms with Gasteiger partial charge in [0, 0.05) is 0 Å². The Labute approximate surface area is 68.7 Å². The highest BCUT2D eigenvalue weighted by atomic mass is 32.1. The van der Waals surface area contributed by atoms with Crippen LogP contribution in [0.4, 0.5) is 26.3 Å². The maximum absolute atomic E-state index is 11.5. The van der Waals surface area contributed by atoms with E-state index in [1.165, 1.54) is 0 Å². The zero-order valence-corrected chi connectivity index (χ0v) is 6.20. The topological polar surface area (TPSA) is 12.0 Å². The predicted molar refractivity (Wildman–Crippen MR) is 32.7 cm³/mol. The van der Waals surface area contributed by atoms with Gasteiger partial charge in [-0.1, -0.05) is 12.2 Å². The first-order valence-corrected chi connectivity index (χ1v) is 2.95. The van der Waals surface area contributed by atoms with Crippen LogP contribution < -0.4 is 5.32 Å². The maximum Gasteiger partial charge on any atom is 0.441 e. The van der Waals surface area contributed by atoms with E-state index >= 15 is 0 Å². The zero-order valence-electron chi connectivity index (χ0n) is 5.38. The first-order valence-electron chi connectivity index (χ1n) is 2.55. The normalized spacial score (nSPS) is 12.8. The lowest BCUT2D eigenvalue weighted by molar-refractivity contribution is -0.123. The van der Waals surface area contributed by atoms with Crippen molar-refractivity contribution in [2.75, 3.05) is 6.54 Å². The summed E-state index contributed by atoms with van der Waals surface area (Å²) in [4.78, 5) is -1.76. The lowest BCUT2D eigenvalue weighted by Gasteiger charge is -2.12. The largest absolute Gasteiger partial charge is 0.441 e. The molecule has 0 aliphatic rings. The summed E-state index contributed by atoms with van der Waals surface area (Å²) in [5.41, 5.74) is 0. The van der Waals surface area contributed by atoms with Gasteiger partial charge in [-0.05, 0) is 0 Å². The lowest BCUT2D eigenvalue weighted by Crippen LogP contribution is -2.40. The van der Waals surface area contributed by atoms with Crippen molar-refractivity contribution in [3.05, 3.63) is 0 Å². The third kappa shape index (κ3) is 5.16. The highest BCUT2D eigenvalue weighted by Gasteiger charge is 2.37. The van der Waals surface area contributed by atoms with E-state index in [-0.39, 0.29) is 0 Å². The molecule has 12 heavy (non-hydrogen) atoms. The molecule has 0 aromatic carbocycles. The average Bonchev–Trinajstić information content (AvgIpc) is 1.78. The Morgan fingerprint density at radius 1 is 1.08 bits per heavy atom. The Hall–Kier alpha value is -0.530. The van der Waals surface area contributed by atoms with Crippen molar-refractivity contribution in [1.29, 1.82) is 0 Å². The van der Waals surface area contributed by atoms with Gasteiger partial charge in [-0.15, -0.1) is 0 Å². The third-order valence-electron chi connectivity index (χ3n) is 0.707. The van der Waals surface area contributed by atoms with E-state index in [1.54, 1.807) is 0 Å². The number of hydrogen-bond donors (Lipinski definition) is 1. The quantitative estimate of drug-likeness (QED) is 0.526. The molecule has 0 bridgehead atoms. The first kappa shape index (κ1) is 11.5. The number of alkyl halides is 6. The molecule has 0 aromatic rings. The van der Waals surface area contributed by atoms with Crippen molar-refractivity contribution >= 4 is 17.2 Å². The molecule has 0 saturated carbocycles. The number of rotatable bonds is 1. The fourth-order valence-electron chi connectivity index (χ4n) is 0.281.